The van der Waals surface area contributed by atoms with Gasteiger partial charge in [-0.05, 0) is 13.0 Å². The molecule has 2 aromatic rings. The molecule has 1 saturated heterocycles. The summed E-state index contributed by atoms with van der Waals surface area (Å²) in [7, 11) is 0. The molecule has 0 saturated carbocycles. The molecule has 1 fully saturated rings. The van der Waals surface area contributed by atoms with Crippen LogP contribution >= 0.6 is 22.9 Å². The monoisotopic (exact) mass is 466 g/mol. The van der Waals surface area contributed by atoms with Crippen molar-refractivity contribution in [2.24, 2.45) is 5.73 Å². The van der Waals surface area contributed by atoms with E-state index in [9.17, 15) is 27.2 Å². The molecule has 30 heavy (non-hydrogen) atoms. The average Bonchev–Trinajstić information content (AvgIpc) is 3.11. The fourth-order valence-corrected chi connectivity index (χ4v) is 4.65. The second-order valence-corrected chi connectivity index (χ2v) is 7.90. The van der Waals surface area contributed by atoms with E-state index >= 15 is 0 Å². The van der Waals surface area contributed by atoms with Crippen molar-refractivity contribution >= 4 is 34.9 Å². The topological polar surface area (TPSA) is 97.6 Å². The highest BCUT2D eigenvalue weighted by Gasteiger charge is 2.52. The van der Waals surface area contributed by atoms with Crippen molar-refractivity contribution in [3.05, 3.63) is 45.4 Å². The second kappa shape index (κ2) is 8.26. The van der Waals surface area contributed by atoms with Crippen LogP contribution in [-0.4, -0.2) is 47.1 Å². The molecule has 162 valence electrons. The van der Waals surface area contributed by atoms with Gasteiger partial charge in [-0.25, -0.2) is 18.6 Å². The number of nitrogens with zero attached hydrogens (tertiary/aromatic N) is 2. The summed E-state index contributed by atoms with van der Waals surface area (Å²) in [6.07, 6.45) is 1.11. The first-order valence-corrected chi connectivity index (χ1v) is 9.66. The summed E-state index contributed by atoms with van der Waals surface area (Å²) >= 11 is 6.33. The number of carbonyl (C=O) groups is 2. The van der Waals surface area contributed by atoms with Crippen LogP contribution in [0, 0.1) is 11.6 Å². The predicted octanol–water partition coefficient (Wildman–Crippen LogP) is 3.08. The predicted molar refractivity (Wildman–Crippen MR) is 99.7 cm³/mol. The van der Waals surface area contributed by atoms with Gasteiger partial charge in [0.2, 0.25) is 5.91 Å². The average molecular weight is 467 g/mol. The Hall–Kier alpha value is -2.60. The summed E-state index contributed by atoms with van der Waals surface area (Å²) in [6, 6.07) is 0.991. The van der Waals surface area contributed by atoms with Crippen molar-refractivity contribution in [2.75, 3.05) is 13.1 Å². The zero-order valence-electron chi connectivity index (χ0n) is 15.3. The number of amides is 3. The lowest BCUT2D eigenvalue weighted by Gasteiger charge is -2.47. The number of rotatable bonds is 5. The minimum Gasteiger partial charge on any atom is -0.408 e. The van der Waals surface area contributed by atoms with Crippen molar-refractivity contribution in [1.29, 1.82) is 0 Å². The number of primary amides is 1. The van der Waals surface area contributed by atoms with Crippen molar-refractivity contribution in [2.45, 2.75) is 25.0 Å². The lowest BCUT2D eigenvalue weighted by Crippen LogP contribution is -2.68. The van der Waals surface area contributed by atoms with Gasteiger partial charge in [-0.3, -0.25) is 4.79 Å². The maximum atomic E-state index is 15.0. The number of piperazine rings is 1. The van der Waals surface area contributed by atoms with E-state index in [1.165, 1.54) is 6.92 Å². The highest BCUT2D eigenvalue weighted by atomic mass is 35.5. The summed E-state index contributed by atoms with van der Waals surface area (Å²) in [4.78, 5) is 29.8. The number of thiazole rings is 1. The van der Waals surface area contributed by atoms with Crippen molar-refractivity contribution in [3.8, 4) is 5.19 Å². The Bertz CT molecular complexity index is 992. The SMILES string of the molecule is CC1([C@@H](c2cnc(OC(F)F)s2)c2ccc(F)c(Cl)c2F)C(=O)NCCN1C(N)=O. The van der Waals surface area contributed by atoms with E-state index in [2.05, 4.69) is 15.0 Å². The first kappa shape index (κ1) is 22.1. The Morgan fingerprint density at radius 3 is 2.77 bits per heavy atom. The van der Waals surface area contributed by atoms with Crippen LogP contribution < -0.4 is 15.8 Å². The molecule has 3 amide bonds. The van der Waals surface area contributed by atoms with Gasteiger partial charge >= 0.3 is 12.6 Å². The van der Waals surface area contributed by atoms with Crippen molar-refractivity contribution < 1.29 is 31.9 Å². The molecule has 0 aliphatic carbocycles. The van der Waals surface area contributed by atoms with E-state index in [0.717, 1.165) is 23.2 Å². The fourth-order valence-electron chi connectivity index (χ4n) is 3.47. The molecule has 3 rings (SSSR count). The van der Waals surface area contributed by atoms with Crippen LogP contribution in [0.25, 0.3) is 0 Å². The van der Waals surface area contributed by atoms with E-state index in [1.54, 1.807) is 0 Å². The number of hydrogen-bond acceptors (Lipinski definition) is 5. The standard InChI is InChI=1S/C17H15ClF4N4O3S/c1-17(13(27)24-4-5-26(17)15(23)28)10(7-2-3-8(19)11(18)12(7)20)9-6-25-16(30-9)29-14(21)22/h2-3,6,10,14H,4-5H2,1H3,(H2,23,28)(H,24,27)/t10-,17?/m1/s1. The van der Waals surface area contributed by atoms with Crippen LogP contribution in [0.2, 0.25) is 5.02 Å². The minimum atomic E-state index is -3.16. The van der Waals surface area contributed by atoms with Gasteiger partial charge in [-0.1, -0.05) is 29.0 Å². The fraction of sp³-hybridized carbons (Fsp3) is 0.353. The quantitative estimate of drug-likeness (QED) is 0.522. The normalized spacial score (nSPS) is 20.2. The number of aromatic nitrogens is 1. The van der Waals surface area contributed by atoms with Crippen LogP contribution in [0.5, 0.6) is 5.19 Å². The largest absolute Gasteiger partial charge is 0.408 e. The molecule has 13 heteroatoms. The number of nitrogens with one attached hydrogen (secondary N) is 1. The summed E-state index contributed by atoms with van der Waals surface area (Å²) in [5, 5.41) is 1.31. The van der Waals surface area contributed by atoms with Gasteiger partial charge in [-0.2, -0.15) is 8.78 Å². The van der Waals surface area contributed by atoms with Gasteiger partial charge in [0.05, 0.1) is 5.92 Å². The summed E-state index contributed by atoms with van der Waals surface area (Å²) in [5.41, 5.74) is 3.40. The minimum absolute atomic E-state index is 0.00378. The van der Waals surface area contributed by atoms with Crippen LogP contribution in [0.15, 0.2) is 18.3 Å². The Balaban J connectivity index is 2.24. The molecule has 2 atom stereocenters. The summed E-state index contributed by atoms with van der Waals surface area (Å²) in [6.45, 7) is -1.72. The number of ether oxygens (including phenoxy) is 1. The van der Waals surface area contributed by atoms with Crippen molar-refractivity contribution in [1.82, 2.24) is 15.2 Å². The molecular weight excluding hydrogens is 452 g/mol. The third-order valence-corrected chi connectivity index (χ3v) is 6.12. The van der Waals surface area contributed by atoms with Crippen molar-refractivity contribution in [3.63, 3.8) is 0 Å². The number of nitrogens with two attached hydrogens (primary N) is 1. The summed E-state index contributed by atoms with van der Waals surface area (Å²) in [5.74, 6) is -4.19. The van der Waals surface area contributed by atoms with Gasteiger partial charge in [0.25, 0.3) is 5.19 Å². The molecule has 0 bridgehead atoms. The molecule has 1 unspecified atom stereocenters. The molecule has 0 spiro atoms. The Morgan fingerprint density at radius 1 is 1.43 bits per heavy atom. The van der Waals surface area contributed by atoms with Gasteiger partial charge in [0, 0.05) is 29.7 Å². The smallest absolute Gasteiger partial charge is 0.389 e. The second-order valence-electron chi connectivity index (χ2n) is 6.50. The van der Waals surface area contributed by atoms with E-state index in [-0.39, 0.29) is 23.5 Å². The lowest BCUT2D eigenvalue weighted by atomic mass is 9.76. The molecular formula is C17H15ClF4N4O3S. The molecule has 1 aromatic heterocycles. The van der Waals surface area contributed by atoms with Crippen LogP contribution in [0.1, 0.15) is 23.3 Å². The maximum Gasteiger partial charge on any atom is 0.389 e. The van der Waals surface area contributed by atoms with Crippen LogP contribution in [0.3, 0.4) is 0 Å². The first-order valence-electron chi connectivity index (χ1n) is 8.46. The third-order valence-electron chi connectivity index (χ3n) is 4.82. The first-order chi connectivity index (χ1) is 14.1. The molecule has 1 aliphatic heterocycles. The number of benzene rings is 1. The van der Waals surface area contributed by atoms with E-state index in [0.29, 0.717) is 11.3 Å². The van der Waals surface area contributed by atoms with Gasteiger partial charge in [0.15, 0.2) is 0 Å². The highest BCUT2D eigenvalue weighted by molar-refractivity contribution is 7.13. The Kier molecular flexibility index (Phi) is 6.09. The van der Waals surface area contributed by atoms with Gasteiger partial charge < -0.3 is 20.7 Å². The van der Waals surface area contributed by atoms with Gasteiger partial charge in [0.1, 0.15) is 22.2 Å². The molecule has 1 aliphatic rings. The highest BCUT2D eigenvalue weighted by Crippen LogP contribution is 2.45. The van der Waals surface area contributed by atoms with E-state index in [1.807, 2.05) is 0 Å². The van der Waals surface area contributed by atoms with Crippen LogP contribution in [0.4, 0.5) is 22.4 Å². The summed E-state index contributed by atoms with van der Waals surface area (Å²) < 4.78 is 58.1. The number of alkyl halides is 2. The molecule has 0 radical (unpaired) electrons. The van der Waals surface area contributed by atoms with E-state index < -0.39 is 51.9 Å². The number of halogens is 5. The van der Waals surface area contributed by atoms with Gasteiger partial charge in [-0.15, -0.1) is 0 Å². The molecule has 3 N–H and O–H groups in total. The van der Waals surface area contributed by atoms with Crippen LogP contribution in [-0.2, 0) is 4.79 Å². The van der Waals surface area contributed by atoms with E-state index in [4.69, 9.17) is 17.3 Å². The number of carbonyl (C=O) groups excluding carboxylic acids is 2. The molecule has 2 heterocycles. The Labute approximate surface area is 176 Å². The molecule has 1 aromatic carbocycles. The lowest BCUT2D eigenvalue weighted by molar-refractivity contribution is -0.134. The zero-order chi connectivity index (χ0) is 22.2. The maximum absolute atomic E-state index is 15.0. The number of hydrogen-bond donors (Lipinski definition) is 2. The Morgan fingerprint density at radius 2 is 2.13 bits per heavy atom. The zero-order valence-corrected chi connectivity index (χ0v) is 16.9. The number of urea groups is 1. The molecule has 7 nitrogen and oxygen atoms in total. The third kappa shape index (κ3) is 3.76.